The largest absolute Gasteiger partial charge is 0.497 e. The molecule has 148 valence electrons. The van der Waals surface area contributed by atoms with Crippen molar-refractivity contribution in [3.63, 3.8) is 0 Å². The highest BCUT2D eigenvalue weighted by Gasteiger charge is 2.20. The first kappa shape index (κ1) is 19.1. The molecule has 0 fully saturated rings. The number of halogens is 2. The first-order valence-electron chi connectivity index (χ1n) is 9.18. The van der Waals surface area contributed by atoms with Crippen molar-refractivity contribution >= 4 is 10.9 Å². The number of hydrogen-bond donors (Lipinski definition) is 1. The van der Waals surface area contributed by atoms with Gasteiger partial charge in [-0.05, 0) is 48.9 Å². The highest BCUT2D eigenvalue weighted by Crippen LogP contribution is 2.37. The van der Waals surface area contributed by atoms with E-state index < -0.39 is 5.95 Å². The molecular weight excluding hydrogens is 374 g/mol. The molecule has 2 aromatic carbocycles. The fraction of sp³-hybridized carbons (Fsp3) is 0.174. The number of aromatic nitrogens is 2. The van der Waals surface area contributed by atoms with E-state index in [1.165, 1.54) is 18.3 Å². The number of nitrogens with zero attached hydrogens (tertiary/aromatic N) is 2. The number of pyridine rings is 1. The molecule has 1 N–H and O–H groups in total. The molecule has 0 bridgehead atoms. The molecule has 29 heavy (non-hydrogen) atoms. The van der Waals surface area contributed by atoms with Crippen LogP contribution in [0.15, 0.2) is 54.7 Å². The normalized spacial score (nSPS) is 11.2. The second-order valence-corrected chi connectivity index (χ2v) is 6.91. The summed E-state index contributed by atoms with van der Waals surface area (Å²) in [7, 11) is 1.58. The second kappa shape index (κ2) is 7.64. The first-order chi connectivity index (χ1) is 14.0. The molecular formula is C23H20F2N2O2. The number of benzene rings is 2. The van der Waals surface area contributed by atoms with Crippen LogP contribution in [0, 0.1) is 18.7 Å². The lowest BCUT2D eigenvalue weighted by Crippen LogP contribution is -2.07. The van der Waals surface area contributed by atoms with Crippen LogP contribution in [0.3, 0.4) is 0 Å². The number of methoxy groups -OCH3 is 1. The predicted molar refractivity (Wildman–Crippen MR) is 108 cm³/mol. The van der Waals surface area contributed by atoms with E-state index >= 15 is 0 Å². The summed E-state index contributed by atoms with van der Waals surface area (Å²) >= 11 is 0. The van der Waals surface area contributed by atoms with Gasteiger partial charge in [0.05, 0.1) is 26.0 Å². The van der Waals surface area contributed by atoms with Gasteiger partial charge in [-0.25, -0.2) is 9.37 Å². The third-order valence-corrected chi connectivity index (χ3v) is 5.08. The van der Waals surface area contributed by atoms with E-state index in [9.17, 15) is 13.9 Å². The summed E-state index contributed by atoms with van der Waals surface area (Å²) in [4.78, 5) is 3.75. The van der Waals surface area contributed by atoms with Crippen molar-refractivity contribution in [1.29, 1.82) is 0 Å². The minimum absolute atomic E-state index is 0.249. The van der Waals surface area contributed by atoms with Crippen LogP contribution >= 0.6 is 0 Å². The fourth-order valence-electron chi connectivity index (χ4n) is 3.66. The molecule has 0 aliphatic carbocycles. The predicted octanol–water partition coefficient (Wildman–Crippen LogP) is 4.84. The van der Waals surface area contributed by atoms with Gasteiger partial charge in [-0.3, -0.25) is 0 Å². The Kier molecular flexibility index (Phi) is 5.03. The van der Waals surface area contributed by atoms with Crippen LogP contribution in [0.5, 0.6) is 5.75 Å². The van der Waals surface area contributed by atoms with E-state index in [1.54, 1.807) is 19.2 Å². The molecule has 0 radical (unpaired) electrons. The highest BCUT2D eigenvalue weighted by atomic mass is 19.1. The van der Waals surface area contributed by atoms with E-state index in [0.29, 0.717) is 22.6 Å². The molecule has 4 rings (SSSR count). The Hall–Kier alpha value is -3.25. The lowest BCUT2D eigenvalue weighted by Gasteiger charge is -2.12. The maximum Gasteiger partial charge on any atom is 0.212 e. The van der Waals surface area contributed by atoms with Gasteiger partial charge in [-0.1, -0.05) is 12.1 Å². The second-order valence-electron chi connectivity index (χ2n) is 6.91. The Morgan fingerprint density at radius 3 is 2.55 bits per heavy atom. The lowest BCUT2D eigenvalue weighted by atomic mass is 10.0. The van der Waals surface area contributed by atoms with Gasteiger partial charge in [0.25, 0.3) is 0 Å². The number of ether oxygens (including phenoxy) is 1. The number of hydrogen-bond acceptors (Lipinski definition) is 3. The van der Waals surface area contributed by atoms with Crippen LogP contribution in [0.1, 0.15) is 16.8 Å². The van der Waals surface area contributed by atoms with Crippen molar-refractivity contribution in [2.45, 2.75) is 20.1 Å². The molecule has 4 nitrogen and oxygen atoms in total. The zero-order valence-electron chi connectivity index (χ0n) is 16.1. The van der Waals surface area contributed by atoms with Crippen LogP contribution < -0.4 is 4.74 Å². The molecule has 0 amide bonds. The van der Waals surface area contributed by atoms with Crippen molar-refractivity contribution in [3.8, 4) is 16.9 Å². The quantitative estimate of drug-likeness (QED) is 0.493. The van der Waals surface area contributed by atoms with Gasteiger partial charge in [0, 0.05) is 33.8 Å². The van der Waals surface area contributed by atoms with Crippen molar-refractivity contribution in [3.05, 3.63) is 83.3 Å². The summed E-state index contributed by atoms with van der Waals surface area (Å²) in [5.74, 6) is -0.228. The van der Waals surface area contributed by atoms with E-state index in [2.05, 4.69) is 4.98 Å². The zero-order valence-corrected chi connectivity index (χ0v) is 16.1. The van der Waals surface area contributed by atoms with Crippen LogP contribution in [-0.4, -0.2) is 21.8 Å². The molecule has 6 heteroatoms. The summed E-state index contributed by atoms with van der Waals surface area (Å²) in [6.45, 7) is 1.82. The number of aliphatic hydroxyl groups excluding tert-OH is 1. The van der Waals surface area contributed by atoms with E-state index in [-0.39, 0.29) is 19.0 Å². The van der Waals surface area contributed by atoms with Gasteiger partial charge >= 0.3 is 0 Å². The van der Waals surface area contributed by atoms with Gasteiger partial charge in [0.2, 0.25) is 5.95 Å². The molecule has 0 saturated carbocycles. The third kappa shape index (κ3) is 3.47. The Morgan fingerprint density at radius 1 is 1.07 bits per heavy atom. The molecule has 2 aromatic heterocycles. The van der Waals surface area contributed by atoms with E-state index in [1.807, 2.05) is 35.8 Å². The molecule has 2 heterocycles. The molecule has 0 aliphatic rings. The van der Waals surface area contributed by atoms with Gasteiger partial charge in [-0.2, -0.15) is 4.39 Å². The Bertz CT molecular complexity index is 1180. The molecule has 4 aromatic rings. The molecule has 0 unspecified atom stereocenters. The monoisotopic (exact) mass is 394 g/mol. The van der Waals surface area contributed by atoms with Crippen LogP contribution in [0.2, 0.25) is 0 Å². The minimum atomic E-state index is -0.581. The topological polar surface area (TPSA) is 47.3 Å². The van der Waals surface area contributed by atoms with Gasteiger partial charge in [0.1, 0.15) is 11.6 Å². The van der Waals surface area contributed by atoms with Crippen molar-refractivity contribution in [2.75, 3.05) is 7.11 Å². The van der Waals surface area contributed by atoms with Gasteiger partial charge < -0.3 is 14.4 Å². The maximum absolute atomic E-state index is 14.5. The molecule has 0 aliphatic heterocycles. The van der Waals surface area contributed by atoms with E-state index in [0.717, 1.165) is 22.0 Å². The standard InChI is InChI=1S/C23H20F2N2O2/c1-14-3-4-16(19(24)9-14)12-27-20-7-6-17(29-2)10-18(20)23(21(27)13-28)15-5-8-22(25)26-11-15/h3-11,28H,12-13H2,1-2H3. The van der Waals surface area contributed by atoms with E-state index in [4.69, 9.17) is 4.74 Å². The number of aliphatic hydroxyl groups is 1. The van der Waals surface area contributed by atoms with Crippen molar-refractivity contribution in [1.82, 2.24) is 9.55 Å². The van der Waals surface area contributed by atoms with Crippen LogP contribution in [-0.2, 0) is 13.2 Å². The Balaban J connectivity index is 1.97. The summed E-state index contributed by atoms with van der Waals surface area (Å²) in [6.07, 6.45) is 1.43. The summed E-state index contributed by atoms with van der Waals surface area (Å²) in [6, 6.07) is 13.5. The van der Waals surface area contributed by atoms with Gasteiger partial charge in [-0.15, -0.1) is 0 Å². The number of fused-ring (bicyclic) bond motifs is 1. The molecule has 0 saturated heterocycles. The highest BCUT2D eigenvalue weighted by molar-refractivity contribution is 5.98. The average molecular weight is 394 g/mol. The fourth-order valence-corrected chi connectivity index (χ4v) is 3.66. The maximum atomic E-state index is 14.5. The first-order valence-corrected chi connectivity index (χ1v) is 9.18. The summed E-state index contributed by atoms with van der Waals surface area (Å²) < 4.78 is 35.1. The molecule has 0 spiro atoms. The third-order valence-electron chi connectivity index (χ3n) is 5.08. The summed E-state index contributed by atoms with van der Waals surface area (Å²) in [5, 5.41) is 11.0. The van der Waals surface area contributed by atoms with Crippen molar-refractivity contribution < 1.29 is 18.6 Å². The minimum Gasteiger partial charge on any atom is -0.497 e. The molecule has 0 atom stereocenters. The Labute approximate surface area is 167 Å². The smallest absolute Gasteiger partial charge is 0.212 e. The number of rotatable bonds is 5. The zero-order chi connectivity index (χ0) is 20.5. The van der Waals surface area contributed by atoms with Crippen LogP contribution in [0.4, 0.5) is 8.78 Å². The Morgan fingerprint density at radius 2 is 1.90 bits per heavy atom. The van der Waals surface area contributed by atoms with Crippen molar-refractivity contribution in [2.24, 2.45) is 0 Å². The van der Waals surface area contributed by atoms with Crippen LogP contribution in [0.25, 0.3) is 22.0 Å². The average Bonchev–Trinajstić information content (AvgIpc) is 3.03. The summed E-state index contributed by atoms with van der Waals surface area (Å²) in [5.41, 5.74) is 4.16. The lowest BCUT2D eigenvalue weighted by molar-refractivity contribution is 0.272. The number of aryl methyl sites for hydroxylation is 1. The van der Waals surface area contributed by atoms with Gasteiger partial charge in [0.15, 0.2) is 0 Å². The SMILES string of the molecule is COc1ccc2c(c1)c(-c1ccc(F)nc1)c(CO)n2Cc1ccc(C)cc1F.